The van der Waals surface area contributed by atoms with Crippen molar-refractivity contribution in [3.8, 4) is 23.6 Å². The molecule has 2 rings (SSSR count). The zero-order chi connectivity index (χ0) is 20.4. The molecule has 0 saturated heterocycles. The van der Waals surface area contributed by atoms with Crippen LogP contribution in [0.4, 0.5) is 0 Å². The van der Waals surface area contributed by atoms with E-state index in [1.165, 1.54) is 0 Å². The highest BCUT2D eigenvalue weighted by molar-refractivity contribution is 5.72. The first-order valence-electron chi connectivity index (χ1n) is 8.86. The van der Waals surface area contributed by atoms with Crippen molar-refractivity contribution in [2.75, 3.05) is 14.2 Å². The van der Waals surface area contributed by atoms with Gasteiger partial charge in [0.25, 0.3) is 0 Å². The average Bonchev–Trinajstić information content (AvgIpc) is 2.76. The Labute approximate surface area is 166 Å². The standard InChI is InChI=1S/C24H22N2O2/c1-4-19(20-9-13-24(28-3)14-10-20)15-21(22(16-25)17-26)8-5-18-6-11-23(27-2)12-7-18/h5-15H,4H2,1-3H3/b8-5+,19-15-. The second-order valence-corrected chi connectivity index (χ2v) is 5.91. The van der Waals surface area contributed by atoms with Gasteiger partial charge in [0.2, 0.25) is 0 Å². The van der Waals surface area contributed by atoms with Crippen LogP contribution in [0.15, 0.2) is 71.8 Å². The SMILES string of the molecule is CC/C(=C/C(/C=C/c1ccc(OC)cc1)=C(C#N)C#N)c1ccc(OC)cc1. The molecule has 2 aromatic rings. The van der Waals surface area contributed by atoms with Crippen molar-refractivity contribution >= 4 is 11.6 Å². The van der Waals surface area contributed by atoms with E-state index in [0.29, 0.717) is 5.57 Å². The van der Waals surface area contributed by atoms with Crippen molar-refractivity contribution in [1.82, 2.24) is 0 Å². The van der Waals surface area contributed by atoms with Gasteiger partial charge in [0, 0.05) is 5.57 Å². The fourth-order valence-electron chi connectivity index (χ4n) is 2.64. The Kier molecular flexibility index (Phi) is 7.64. The molecule has 0 heterocycles. The highest BCUT2D eigenvalue weighted by Crippen LogP contribution is 2.24. The molecule has 140 valence electrons. The van der Waals surface area contributed by atoms with E-state index in [9.17, 15) is 10.5 Å². The minimum absolute atomic E-state index is 0.0734. The number of rotatable bonds is 7. The third-order valence-corrected chi connectivity index (χ3v) is 4.25. The van der Waals surface area contributed by atoms with Gasteiger partial charge in [0.1, 0.15) is 29.2 Å². The van der Waals surface area contributed by atoms with Crippen LogP contribution in [0.1, 0.15) is 24.5 Å². The molecular weight excluding hydrogens is 348 g/mol. The summed E-state index contributed by atoms with van der Waals surface area (Å²) in [4.78, 5) is 0. The van der Waals surface area contributed by atoms with Gasteiger partial charge in [-0.15, -0.1) is 0 Å². The molecule has 0 bridgehead atoms. The smallest absolute Gasteiger partial charge is 0.136 e. The van der Waals surface area contributed by atoms with E-state index in [1.54, 1.807) is 20.3 Å². The molecular formula is C24H22N2O2. The maximum atomic E-state index is 9.36. The highest BCUT2D eigenvalue weighted by Gasteiger charge is 2.05. The van der Waals surface area contributed by atoms with Crippen LogP contribution in [0.3, 0.4) is 0 Å². The fourth-order valence-corrected chi connectivity index (χ4v) is 2.64. The van der Waals surface area contributed by atoms with Gasteiger partial charge in [0.15, 0.2) is 0 Å². The Morgan fingerprint density at radius 2 is 1.43 bits per heavy atom. The number of ether oxygens (including phenoxy) is 2. The Bertz CT molecular complexity index is 951. The maximum Gasteiger partial charge on any atom is 0.136 e. The van der Waals surface area contributed by atoms with Gasteiger partial charge in [-0.25, -0.2) is 0 Å². The number of nitriles is 2. The highest BCUT2D eigenvalue weighted by atomic mass is 16.5. The summed E-state index contributed by atoms with van der Waals surface area (Å²) in [5.74, 6) is 1.56. The number of hydrogen-bond donors (Lipinski definition) is 0. The third-order valence-electron chi connectivity index (χ3n) is 4.25. The van der Waals surface area contributed by atoms with Crippen LogP contribution in [-0.2, 0) is 0 Å². The van der Waals surface area contributed by atoms with Crippen LogP contribution >= 0.6 is 0 Å². The van der Waals surface area contributed by atoms with E-state index >= 15 is 0 Å². The molecule has 4 nitrogen and oxygen atoms in total. The molecule has 0 N–H and O–H groups in total. The molecule has 0 atom stereocenters. The molecule has 0 aliphatic rings. The number of methoxy groups -OCH3 is 2. The summed E-state index contributed by atoms with van der Waals surface area (Å²) in [6.07, 6.45) is 6.32. The van der Waals surface area contributed by atoms with Crippen molar-refractivity contribution in [2.45, 2.75) is 13.3 Å². The van der Waals surface area contributed by atoms with E-state index in [4.69, 9.17) is 9.47 Å². The predicted molar refractivity (Wildman–Crippen MR) is 112 cm³/mol. The Morgan fingerprint density at radius 1 is 0.893 bits per heavy atom. The molecule has 0 unspecified atom stereocenters. The van der Waals surface area contributed by atoms with Crippen LogP contribution < -0.4 is 9.47 Å². The summed E-state index contributed by atoms with van der Waals surface area (Å²) in [5.41, 5.74) is 3.65. The van der Waals surface area contributed by atoms with Crippen molar-refractivity contribution < 1.29 is 9.47 Å². The summed E-state index contributed by atoms with van der Waals surface area (Å²) in [6.45, 7) is 2.04. The molecule has 0 aromatic heterocycles. The van der Waals surface area contributed by atoms with E-state index < -0.39 is 0 Å². The van der Waals surface area contributed by atoms with Crippen LogP contribution in [0.5, 0.6) is 11.5 Å². The number of nitrogens with zero attached hydrogens (tertiary/aromatic N) is 2. The Balaban J connectivity index is 2.42. The monoisotopic (exact) mass is 370 g/mol. The molecule has 0 radical (unpaired) electrons. The normalized spacial score (nSPS) is 10.8. The van der Waals surface area contributed by atoms with Crippen molar-refractivity contribution in [2.24, 2.45) is 0 Å². The van der Waals surface area contributed by atoms with Crippen LogP contribution in [0.2, 0.25) is 0 Å². The minimum atomic E-state index is 0.0734. The van der Waals surface area contributed by atoms with E-state index in [0.717, 1.165) is 34.6 Å². The van der Waals surface area contributed by atoms with Crippen LogP contribution in [-0.4, -0.2) is 14.2 Å². The molecule has 2 aromatic carbocycles. The lowest BCUT2D eigenvalue weighted by Gasteiger charge is -2.08. The zero-order valence-electron chi connectivity index (χ0n) is 16.3. The number of hydrogen-bond acceptors (Lipinski definition) is 4. The molecule has 0 amide bonds. The van der Waals surface area contributed by atoms with Gasteiger partial charge >= 0.3 is 0 Å². The molecule has 0 fully saturated rings. The Morgan fingerprint density at radius 3 is 1.89 bits per heavy atom. The molecule has 0 aliphatic carbocycles. The zero-order valence-corrected chi connectivity index (χ0v) is 16.3. The average molecular weight is 370 g/mol. The summed E-state index contributed by atoms with van der Waals surface area (Å²) in [7, 11) is 3.25. The maximum absolute atomic E-state index is 9.36. The van der Waals surface area contributed by atoms with E-state index in [1.807, 2.05) is 79.7 Å². The molecule has 4 heteroatoms. The topological polar surface area (TPSA) is 66.0 Å². The molecule has 28 heavy (non-hydrogen) atoms. The summed E-state index contributed by atoms with van der Waals surface area (Å²) in [6, 6.07) is 19.3. The largest absolute Gasteiger partial charge is 0.497 e. The van der Waals surface area contributed by atoms with E-state index in [-0.39, 0.29) is 5.57 Å². The fraction of sp³-hybridized carbons (Fsp3) is 0.167. The summed E-state index contributed by atoms with van der Waals surface area (Å²) < 4.78 is 10.4. The third kappa shape index (κ3) is 5.37. The second-order valence-electron chi connectivity index (χ2n) is 5.91. The molecule has 0 saturated carbocycles. The van der Waals surface area contributed by atoms with Gasteiger partial charge in [-0.05, 0) is 53.5 Å². The lowest BCUT2D eigenvalue weighted by Crippen LogP contribution is -1.89. The van der Waals surface area contributed by atoms with Gasteiger partial charge < -0.3 is 9.47 Å². The summed E-state index contributed by atoms with van der Waals surface area (Å²) in [5, 5.41) is 18.7. The lowest BCUT2D eigenvalue weighted by molar-refractivity contribution is 0.414. The minimum Gasteiger partial charge on any atom is -0.497 e. The lowest BCUT2D eigenvalue weighted by atomic mass is 9.98. The van der Waals surface area contributed by atoms with Gasteiger partial charge in [-0.3, -0.25) is 0 Å². The van der Waals surface area contributed by atoms with Gasteiger partial charge in [-0.1, -0.05) is 43.3 Å². The van der Waals surface area contributed by atoms with Crippen molar-refractivity contribution in [3.05, 3.63) is 83.0 Å². The first kappa shape index (κ1) is 20.6. The van der Waals surface area contributed by atoms with E-state index in [2.05, 4.69) is 0 Å². The van der Waals surface area contributed by atoms with Crippen molar-refractivity contribution in [3.63, 3.8) is 0 Å². The van der Waals surface area contributed by atoms with Crippen LogP contribution in [0.25, 0.3) is 11.6 Å². The predicted octanol–water partition coefficient (Wildman–Crippen LogP) is 5.55. The molecule has 0 spiro atoms. The first-order valence-corrected chi connectivity index (χ1v) is 8.86. The Hall–Kier alpha value is -3.76. The van der Waals surface area contributed by atoms with Crippen LogP contribution in [0, 0.1) is 22.7 Å². The first-order chi connectivity index (χ1) is 13.6. The van der Waals surface area contributed by atoms with Crippen molar-refractivity contribution in [1.29, 1.82) is 10.5 Å². The summed E-state index contributed by atoms with van der Waals surface area (Å²) >= 11 is 0. The number of benzene rings is 2. The number of allylic oxidation sites excluding steroid dienone is 5. The second kappa shape index (κ2) is 10.4. The quantitative estimate of drug-likeness (QED) is 0.473. The van der Waals surface area contributed by atoms with Gasteiger partial charge in [-0.2, -0.15) is 10.5 Å². The van der Waals surface area contributed by atoms with Gasteiger partial charge in [0.05, 0.1) is 14.2 Å². The molecule has 0 aliphatic heterocycles.